The Morgan fingerprint density at radius 3 is 2.09 bits per heavy atom. The van der Waals surface area contributed by atoms with Gasteiger partial charge in [0.1, 0.15) is 5.94 Å². The first-order chi connectivity index (χ1) is 10.7. The van der Waals surface area contributed by atoms with E-state index >= 15 is 0 Å². The highest BCUT2D eigenvalue weighted by Crippen LogP contribution is 2.34. The van der Waals surface area contributed by atoms with Gasteiger partial charge in [0, 0.05) is 26.9 Å². The molecule has 5 heteroatoms. The summed E-state index contributed by atoms with van der Waals surface area (Å²) in [5.74, 6) is 0.559. The van der Waals surface area contributed by atoms with Gasteiger partial charge in [0.2, 0.25) is 0 Å². The Balaban J connectivity index is 4.92. The molecule has 22 heavy (non-hydrogen) atoms. The van der Waals surface area contributed by atoms with Crippen LogP contribution >= 0.6 is 0 Å². The van der Waals surface area contributed by atoms with Gasteiger partial charge in [-0.15, -0.1) is 0 Å². The number of carbonyl (C=O) groups excluding carboxylic acids is 1. The van der Waals surface area contributed by atoms with Crippen molar-refractivity contribution in [2.24, 2.45) is 11.7 Å². The minimum absolute atomic E-state index is 0.292. The smallest absolute Gasteiger partial charge is 0.289 e. The van der Waals surface area contributed by atoms with E-state index in [2.05, 4.69) is 12.9 Å². The first-order valence-electron chi connectivity index (χ1n) is 8.25. The highest BCUT2D eigenvalue weighted by molar-refractivity contribution is 5.53. The fourth-order valence-corrected chi connectivity index (χ4v) is 2.78. The minimum atomic E-state index is -1.24. The van der Waals surface area contributed by atoms with E-state index in [9.17, 15) is 4.79 Å². The molecule has 0 aliphatic carbocycles. The average molecular weight is 315 g/mol. The molecule has 0 aliphatic heterocycles. The van der Waals surface area contributed by atoms with E-state index in [4.69, 9.17) is 19.9 Å². The van der Waals surface area contributed by atoms with Crippen molar-refractivity contribution in [2.45, 2.75) is 64.3 Å². The number of hydrogen-bond donors (Lipinski definition) is 1. The first-order valence-corrected chi connectivity index (χ1v) is 8.25. The van der Waals surface area contributed by atoms with Crippen molar-refractivity contribution in [2.75, 3.05) is 27.9 Å². The van der Waals surface area contributed by atoms with Crippen LogP contribution in [0.2, 0.25) is 0 Å². The van der Waals surface area contributed by atoms with E-state index in [1.165, 1.54) is 40.6 Å². The summed E-state index contributed by atoms with van der Waals surface area (Å²) < 4.78 is 16.3. The quantitative estimate of drug-likeness (QED) is 0.303. The standard InChI is InChI=1S/C17H33NO4/c1-5-6-7-8-9-11-15(14-19)16(12-10-13-18)17(20-2,21-3)22-4/h16H,5-13,18H2,1-4H3. The fourth-order valence-electron chi connectivity index (χ4n) is 2.78. The third kappa shape index (κ3) is 6.59. The van der Waals surface area contributed by atoms with E-state index in [-0.39, 0.29) is 5.92 Å². The fraction of sp³-hybridized carbons (Fsp3) is 0.882. The Bertz CT molecular complexity index is 314. The van der Waals surface area contributed by atoms with Crippen LogP contribution in [-0.4, -0.2) is 39.8 Å². The lowest BCUT2D eigenvalue weighted by atomic mass is 9.88. The van der Waals surface area contributed by atoms with Crippen molar-refractivity contribution in [3.8, 4) is 0 Å². The number of hydrogen-bond acceptors (Lipinski definition) is 5. The normalized spacial score (nSPS) is 13.0. The third-order valence-corrected chi connectivity index (χ3v) is 4.08. The second-order valence-electron chi connectivity index (χ2n) is 5.49. The molecule has 0 heterocycles. The van der Waals surface area contributed by atoms with Crippen LogP contribution in [0.25, 0.3) is 0 Å². The molecule has 0 bridgehead atoms. The van der Waals surface area contributed by atoms with Gasteiger partial charge in [-0.3, -0.25) is 0 Å². The topological polar surface area (TPSA) is 70.8 Å². The first kappa shape index (κ1) is 21.3. The zero-order chi connectivity index (χ0) is 16.8. The Labute approximate surface area is 135 Å². The molecule has 0 amide bonds. The molecule has 0 spiro atoms. The molecule has 0 aromatic carbocycles. The van der Waals surface area contributed by atoms with Crippen molar-refractivity contribution in [1.82, 2.24) is 0 Å². The lowest BCUT2D eigenvalue weighted by Gasteiger charge is -2.36. The molecule has 0 aromatic rings. The maximum Gasteiger partial charge on any atom is 0.289 e. The summed E-state index contributed by atoms with van der Waals surface area (Å²) in [4.78, 5) is 11.5. The Morgan fingerprint density at radius 1 is 1.05 bits per heavy atom. The molecule has 1 unspecified atom stereocenters. The van der Waals surface area contributed by atoms with Crippen molar-refractivity contribution in [1.29, 1.82) is 0 Å². The second-order valence-corrected chi connectivity index (χ2v) is 5.49. The van der Waals surface area contributed by atoms with Gasteiger partial charge in [-0.2, -0.15) is 0 Å². The zero-order valence-electron chi connectivity index (χ0n) is 14.7. The van der Waals surface area contributed by atoms with Crippen LogP contribution in [0.5, 0.6) is 0 Å². The van der Waals surface area contributed by atoms with Gasteiger partial charge in [0.15, 0.2) is 0 Å². The maximum absolute atomic E-state index is 11.5. The van der Waals surface area contributed by atoms with Gasteiger partial charge in [0.25, 0.3) is 5.97 Å². The highest BCUT2D eigenvalue weighted by Gasteiger charge is 2.42. The highest BCUT2D eigenvalue weighted by atomic mass is 16.9. The summed E-state index contributed by atoms with van der Waals surface area (Å²) in [6.07, 6.45) is 7.85. The van der Waals surface area contributed by atoms with Crippen LogP contribution in [0.1, 0.15) is 58.3 Å². The van der Waals surface area contributed by atoms with Crippen LogP contribution in [0.4, 0.5) is 0 Å². The van der Waals surface area contributed by atoms with Gasteiger partial charge in [-0.05, 0) is 32.2 Å². The molecule has 130 valence electrons. The Morgan fingerprint density at radius 2 is 1.64 bits per heavy atom. The van der Waals surface area contributed by atoms with Gasteiger partial charge < -0.3 is 19.9 Å². The molecule has 0 aliphatic rings. The summed E-state index contributed by atoms with van der Waals surface area (Å²) in [6.45, 7) is 2.73. The van der Waals surface area contributed by atoms with Crippen molar-refractivity contribution in [3.05, 3.63) is 5.57 Å². The van der Waals surface area contributed by atoms with Crippen molar-refractivity contribution >= 4 is 5.94 Å². The zero-order valence-corrected chi connectivity index (χ0v) is 14.7. The van der Waals surface area contributed by atoms with Gasteiger partial charge in [-0.1, -0.05) is 32.6 Å². The average Bonchev–Trinajstić information content (AvgIpc) is 2.56. The predicted molar refractivity (Wildman–Crippen MR) is 88.1 cm³/mol. The number of rotatable bonds is 14. The molecule has 0 rings (SSSR count). The SMILES string of the molecule is CCCCCCCC(=C=O)C(CCCN)C(OC)(OC)OC. The van der Waals surface area contributed by atoms with Crippen LogP contribution in [0.3, 0.4) is 0 Å². The molecule has 5 nitrogen and oxygen atoms in total. The number of methoxy groups -OCH3 is 3. The second kappa shape index (κ2) is 12.8. The summed E-state index contributed by atoms with van der Waals surface area (Å²) in [5, 5.41) is 0. The number of unbranched alkanes of at least 4 members (excludes halogenated alkanes) is 4. The molecule has 0 radical (unpaired) electrons. The lowest BCUT2D eigenvalue weighted by Crippen LogP contribution is -2.45. The number of ether oxygens (including phenoxy) is 3. The van der Waals surface area contributed by atoms with Crippen LogP contribution in [0.15, 0.2) is 5.57 Å². The third-order valence-electron chi connectivity index (χ3n) is 4.08. The van der Waals surface area contributed by atoms with Gasteiger partial charge in [0.05, 0.1) is 5.92 Å². The van der Waals surface area contributed by atoms with Crippen LogP contribution < -0.4 is 5.73 Å². The molecule has 0 saturated carbocycles. The predicted octanol–water partition coefficient (Wildman–Crippen LogP) is 3.05. The van der Waals surface area contributed by atoms with E-state index < -0.39 is 5.97 Å². The van der Waals surface area contributed by atoms with Gasteiger partial charge >= 0.3 is 0 Å². The Kier molecular flexibility index (Phi) is 12.4. The molecule has 0 aromatic heterocycles. The summed E-state index contributed by atoms with van der Waals surface area (Å²) in [5.41, 5.74) is 6.27. The molecular weight excluding hydrogens is 282 g/mol. The summed E-state index contributed by atoms with van der Waals surface area (Å²) in [6, 6.07) is 0. The molecule has 2 N–H and O–H groups in total. The lowest BCUT2D eigenvalue weighted by molar-refractivity contribution is -0.373. The van der Waals surface area contributed by atoms with Crippen molar-refractivity contribution in [3.63, 3.8) is 0 Å². The Hall–Kier alpha value is -0.710. The minimum Gasteiger partial charge on any atom is -0.330 e. The van der Waals surface area contributed by atoms with Crippen molar-refractivity contribution < 1.29 is 19.0 Å². The van der Waals surface area contributed by atoms with Crippen LogP contribution in [-0.2, 0) is 19.0 Å². The van der Waals surface area contributed by atoms with Crippen LogP contribution in [0, 0.1) is 5.92 Å². The monoisotopic (exact) mass is 315 g/mol. The maximum atomic E-state index is 11.5. The van der Waals surface area contributed by atoms with E-state index in [1.807, 2.05) is 0 Å². The molecule has 0 fully saturated rings. The largest absolute Gasteiger partial charge is 0.330 e. The summed E-state index contributed by atoms with van der Waals surface area (Å²) in [7, 11) is 4.56. The number of nitrogens with two attached hydrogens (primary N) is 1. The van der Waals surface area contributed by atoms with E-state index in [0.717, 1.165) is 19.3 Å². The van der Waals surface area contributed by atoms with Gasteiger partial charge in [-0.25, -0.2) is 4.79 Å². The van der Waals surface area contributed by atoms with E-state index in [0.29, 0.717) is 25.0 Å². The summed E-state index contributed by atoms with van der Waals surface area (Å²) >= 11 is 0. The molecule has 1 atom stereocenters. The van der Waals surface area contributed by atoms with E-state index in [1.54, 1.807) is 0 Å². The molecule has 0 saturated heterocycles. The molecular formula is C17H33NO4.